The molecule has 3 N–H and O–H groups in total. The summed E-state index contributed by atoms with van der Waals surface area (Å²) in [4.78, 5) is 8.50. The number of rotatable bonds is 4. The van der Waals surface area contributed by atoms with Gasteiger partial charge in [-0.25, -0.2) is 15.8 Å². The fraction of sp³-hybridized carbons (Fsp3) is 0.111. The van der Waals surface area contributed by atoms with Crippen LogP contribution in [-0.2, 0) is 5.75 Å². The lowest BCUT2D eigenvalue weighted by Gasteiger charge is -2.01. The lowest BCUT2D eigenvalue weighted by Crippen LogP contribution is -2.08. The molecule has 0 saturated carbocycles. The molecule has 6 heteroatoms. The van der Waals surface area contributed by atoms with E-state index in [1.807, 2.05) is 23.6 Å². The second kappa shape index (κ2) is 5.11. The molecule has 0 aliphatic rings. The summed E-state index contributed by atoms with van der Waals surface area (Å²) in [6.45, 7) is 0. The van der Waals surface area contributed by atoms with Crippen molar-refractivity contribution in [3.05, 3.63) is 35.5 Å². The van der Waals surface area contributed by atoms with Crippen LogP contribution in [0.15, 0.2) is 34.1 Å². The van der Waals surface area contributed by atoms with E-state index in [4.69, 9.17) is 5.84 Å². The average molecular weight is 238 g/mol. The number of hydrogen-bond donors (Lipinski definition) is 2. The van der Waals surface area contributed by atoms with Gasteiger partial charge in [0, 0.05) is 17.3 Å². The molecule has 0 fully saturated rings. The standard InChI is InChI=1S/C9H10N4S2/c10-13-8-3-1-2-7(12-8)6-15-9-11-4-5-14-9/h1-5H,6,10H2,(H,12,13). The molecule has 0 spiro atoms. The Morgan fingerprint density at radius 1 is 1.47 bits per heavy atom. The zero-order valence-corrected chi connectivity index (χ0v) is 9.52. The predicted octanol–water partition coefficient (Wildman–Crippen LogP) is 2.12. The normalized spacial score (nSPS) is 10.2. The number of anilines is 1. The Labute approximate surface area is 95.9 Å². The molecule has 0 bridgehead atoms. The quantitative estimate of drug-likeness (QED) is 0.485. The molecule has 78 valence electrons. The van der Waals surface area contributed by atoms with Crippen molar-refractivity contribution >= 4 is 28.9 Å². The van der Waals surface area contributed by atoms with Crippen LogP contribution in [0.3, 0.4) is 0 Å². The van der Waals surface area contributed by atoms with E-state index >= 15 is 0 Å². The average Bonchev–Trinajstić information content (AvgIpc) is 2.79. The van der Waals surface area contributed by atoms with Crippen LogP contribution >= 0.6 is 23.1 Å². The molecule has 2 heterocycles. The third-order valence-corrected chi connectivity index (χ3v) is 3.71. The molecule has 0 aliphatic heterocycles. The van der Waals surface area contributed by atoms with Crippen LogP contribution in [0.4, 0.5) is 5.82 Å². The summed E-state index contributed by atoms with van der Waals surface area (Å²) < 4.78 is 1.06. The van der Waals surface area contributed by atoms with Gasteiger partial charge in [-0.1, -0.05) is 17.8 Å². The molecule has 0 radical (unpaired) electrons. The van der Waals surface area contributed by atoms with Crippen molar-refractivity contribution in [2.45, 2.75) is 10.1 Å². The van der Waals surface area contributed by atoms with Crippen molar-refractivity contribution in [1.29, 1.82) is 0 Å². The van der Waals surface area contributed by atoms with Gasteiger partial charge in [-0.15, -0.1) is 11.3 Å². The van der Waals surface area contributed by atoms with E-state index in [0.29, 0.717) is 5.82 Å². The first-order valence-corrected chi connectivity index (χ1v) is 6.20. The van der Waals surface area contributed by atoms with Crippen molar-refractivity contribution in [3.8, 4) is 0 Å². The lowest BCUT2D eigenvalue weighted by molar-refractivity contribution is 1.14. The minimum Gasteiger partial charge on any atom is -0.308 e. The maximum atomic E-state index is 5.28. The van der Waals surface area contributed by atoms with Gasteiger partial charge in [-0.2, -0.15) is 0 Å². The number of hydrogen-bond acceptors (Lipinski definition) is 6. The maximum absolute atomic E-state index is 5.28. The first-order chi connectivity index (χ1) is 7.38. The number of aromatic nitrogens is 2. The van der Waals surface area contributed by atoms with E-state index in [2.05, 4.69) is 15.4 Å². The van der Waals surface area contributed by atoms with E-state index in [1.165, 1.54) is 0 Å². The van der Waals surface area contributed by atoms with Gasteiger partial charge in [0.05, 0.1) is 5.69 Å². The molecule has 2 rings (SSSR count). The Morgan fingerprint density at radius 2 is 2.40 bits per heavy atom. The third-order valence-electron chi connectivity index (χ3n) is 1.71. The maximum Gasteiger partial charge on any atom is 0.150 e. The number of nitrogens with zero attached hydrogens (tertiary/aromatic N) is 2. The van der Waals surface area contributed by atoms with Crippen molar-refractivity contribution < 1.29 is 0 Å². The van der Waals surface area contributed by atoms with Crippen molar-refractivity contribution in [2.75, 3.05) is 5.43 Å². The number of hydrazine groups is 1. The van der Waals surface area contributed by atoms with Gasteiger partial charge >= 0.3 is 0 Å². The highest BCUT2D eigenvalue weighted by Gasteiger charge is 2.00. The number of nitrogens with one attached hydrogen (secondary N) is 1. The van der Waals surface area contributed by atoms with Gasteiger partial charge in [-0.05, 0) is 12.1 Å². The number of nitrogens with two attached hydrogens (primary N) is 1. The summed E-state index contributed by atoms with van der Waals surface area (Å²) in [5.41, 5.74) is 3.52. The zero-order valence-electron chi connectivity index (χ0n) is 7.88. The molecule has 2 aromatic heterocycles. The minimum absolute atomic E-state index is 0.687. The van der Waals surface area contributed by atoms with Crippen LogP contribution in [0.2, 0.25) is 0 Å². The van der Waals surface area contributed by atoms with E-state index in [1.54, 1.807) is 29.3 Å². The molecule has 0 aliphatic carbocycles. The summed E-state index contributed by atoms with van der Waals surface area (Å²) in [5.74, 6) is 6.78. The van der Waals surface area contributed by atoms with Crippen LogP contribution in [-0.4, -0.2) is 9.97 Å². The van der Waals surface area contributed by atoms with Crippen molar-refractivity contribution in [1.82, 2.24) is 9.97 Å². The first-order valence-electron chi connectivity index (χ1n) is 4.33. The van der Waals surface area contributed by atoms with Gasteiger partial charge in [0.25, 0.3) is 0 Å². The van der Waals surface area contributed by atoms with Gasteiger partial charge in [0.2, 0.25) is 0 Å². The van der Waals surface area contributed by atoms with Gasteiger partial charge < -0.3 is 5.43 Å². The van der Waals surface area contributed by atoms with Crippen LogP contribution in [0, 0.1) is 0 Å². The molecule has 0 amide bonds. The summed E-state index contributed by atoms with van der Waals surface area (Å²) in [6, 6.07) is 5.74. The third kappa shape index (κ3) is 2.92. The Balaban J connectivity index is 1.98. The fourth-order valence-corrected chi connectivity index (χ4v) is 2.60. The van der Waals surface area contributed by atoms with Gasteiger partial charge in [-0.3, -0.25) is 0 Å². The lowest BCUT2D eigenvalue weighted by atomic mass is 10.4. The monoisotopic (exact) mass is 238 g/mol. The van der Waals surface area contributed by atoms with Crippen molar-refractivity contribution in [3.63, 3.8) is 0 Å². The molecule has 15 heavy (non-hydrogen) atoms. The minimum atomic E-state index is 0.687. The Hall–Kier alpha value is -1.11. The van der Waals surface area contributed by atoms with E-state index in [9.17, 15) is 0 Å². The fourth-order valence-electron chi connectivity index (χ4n) is 1.06. The number of nitrogen functional groups attached to an aromatic ring is 1. The molecule has 4 nitrogen and oxygen atoms in total. The molecular weight excluding hydrogens is 228 g/mol. The van der Waals surface area contributed by atoms with Crippen LogP contribution < -0.4 is 11.3 Å². The predicted molar refractivity (Wildman–Crippen MR) is 63.7 cm³/mol. The largest absolute Gasteiger partial charge is 0.308 e. The zero-order chi connectivity index (χ0) is 10.5. The van der Waals surface area contributed by atoms with E-state index in [0.717, 1.165) is 15.8 Å². The molecule has 0 saturated heterocycles. The Kier molecular flexibility index (Phi) is 3.54. The second-order valence-corrected chi connectivity index (χ2v) is 4.86. The van der Waals surface area contributed by atoms with Gasteiger partial charge in [0.15, 0.2) is 0 Å². The Bertz CT molecular complexity index is 416. The molecule has 0 atom stereocenters. The Morgan fingerprint density at radius 3 is 3.13 bits per heavy atom. The highest BCUT2D eigenvalue weighted by Crippen LogP contribution is 2.23. The number of thioether (sulfide) groups is 1. The van der Waals surface area contributed by atoms with Crippen LogP contribution in [0.5, 0.6) is 0 Å². The van der Waals surface area contributed by atoms with E-state index < -0.39 is 0 Å². The van der Waals surface area contributed by atoms with Crippen molar-refractivity contribution in [2.24, 2.45) is 5.84 Å². The van der Waals surface area contributed by atoms with E-state index in [-0.39, 0.29) is 0 Å². The van der Waals surface area contributed by atoms with Crippen LogP contribution in [0.25, 0.3) is 0 Å². The SMILES string of the molecule is NNc1cccc(CSc2nccs2)n1. The highest BCUT2D eigenvalue weighted by molar-refractivity contribution is 8.00. The van der Waals surface area contributed by atoms with Crippen LogP contribution in [0.1, 0.15) is 5.69 Å². The summed E-state index contributed by atoms with van der Waals surface area (Å²) in [5, 5.41) is 1.97. The first kappa shape index (κ1) is 10.4. The summed E-state index contributed by atoms with van der Waals surface area (Å²) in [6.07, 6.45) is 1.80. The summed E-state index contributed by atoms with van der Waals surface area (Å²) >= 11 is 3.31. The highest BCUT2D eigenvalue weighted by atomic mass is 32.2. The molecule has 0 aromatic carbocycles. The smallest absolute Gasteiger partial charge is 0.150 e. The molecule has 2 aromatic rings. The second-order valence-electron chi connectivity index (χ2n) is 2.75. The topological polar surface area (TPSA) is 63.8 Å². The van der Waals surface area contributed by atoms with Gasteiger partial charge in [0.1, 0.15) is 10.2 Å². The summed E-state index contributed by atoms with van der Waals surface area (Å²) in [7, 11) is 0. The molecular formula is C9H10N4S2. The number of thiazole rings is 1. The number of pyridine rings is 1. The molecule has 0 unspecified atom stereocenters.